The maximum Gasteiger partial charge on any atom is 0.226 e. The first-order valence-electron chi connectivity index (χ1n) is 9.15. The Kier molecular flexibility index (Phi) is 6.83. The molecule has 0 spiro atoms. The Morgan fingerprint density at radius 3 is 2.79 bits per heavy atom. The fraction of sp³-hybridized carbons (Fsp3) is 0.350. The minimum Gasteiger partial charge on any atom is -0.340 e. The first kappa shape index (κ1) is 20.5. The minimum absolute atomic E-state index is 0. The third-order valence-electron chi connectivity index (χ3n) is 4.94. The molecule has 6 nitrogen and oxygen atoms in total. The third kappa shape index (κ3) is 4.60. The van der Waals surface area contributed by atoms with Crippen LogP contribution < -0.4 is 5.73 Å². The van der Waals surface area contributed by atoms with Crippen molar-refractivity contribution in [3.63, 3.8) is 0 Å². The van der Waals surface area contributed by atoms with Crippen molar-refractivity contribution in [3.8, 4) is 10.7 Å². The van der Waals surface area contributed by atoms with Gasteiger partial charge < -0.3 is 15.2 Å². The molecule has 1 aliphatic rings. The molecular formula is C20H23ClN4O2S. The van der Waals surface area contributed by atoms with Gasteiger partial charge in [0.15, 0.2) is 0 Å². The second kappa shape index (κ2) is 9.32. The highest BCUT2D eigenvalue weighted by molar-refractivity contribution is 7.13. The van der Waals surface area contributed by atoms with E-state index in [4.69, 9.17) is 10.3 Å². The fourth-order valence-corrected chi connectivity index (χ4v) is 4.15. The predicted octanol–water partition coefficient (Wildman–Crippen LogP) is 3.50. The maximum atomic E-state index is 12.6. The smallest absolute Gasteiger partial charge is 0.226 e. The molecule has 148 valence electrons. The van der Waals surface area contributed by atoms with Crippen molar-refractivity contribution in [3.05, 3.63) is 59.3 Å². The van der Waals surface area contributed by atoms with E-state index in [0.717, 1.165) is 4.88 Å². The lowest BCUT2D eigenvalue weighted by atomic mass is 9.95. The molecule has 2 aromatic heterocycles. The molecule has 0 radical (unpaired) electrons. The predicted molar refractivity (Wildman–Crippen MR) is 112 cm³/mol. The van der Waals surface area contributed by atoms with Crippen LogP contribution in [0.1, 0.15) is 30.2 Å². The van der Waals surface area contributed by atoms with Crippen LogP contribution in [0.5, 0.6) is 0 Å². The van der Waals surface area contributed by atoms with Gasteiger partial charge in [0.25, 0.3) is 0 Å². The fourth-order valence-electron chi connectivity index (χ4n) is 3.50. The van der Waals surface area contributed by atoms with Gasteiger partial charge in [0.1, 0.15) is 0 Å². The van der Waals surface area contributed by atoms with Crippen molar-refractivity contribution in [2.75, 3.05) is 13.1 Å². The second-order valence-corrected chi connectivity index (χ2v) is 7.77. The molecule has 1 fully saturated rings. The molecule has 2 atom stereocenters. The first-order valence-corrected chi connectivity index (χ1v) is 10.0. The molecule has 3 heterocycles. The van der Waals surface area contributed by atoms with Crippen molar-refractivity contribution in [1.29, 1.82) is 0 Å². The highest BCUT2D eigenvalue weighted by atomic mass is 35.5. The van der Waals surface area contributed by atoms with E-state index in [9.17, 15) is 4.79 Å². The lowest BCUT2D eigenvalue weighted by Crippen LogP contribution is -2.32. The summed E-state index contributed by atoms with van der Waals surface area (Å²) < 4.78 is 5.29. The molecule has 28 heavy (non-hydrogen) atoms. The highest BCUT2D eigenvalue weighted by Crippen LogP contribution is 2.27. The Hall–Kier alpha value is -2.22. The monoisotopic (exact) mass is 418 g/mol. The normalized spacial score (nSPS) is 18.8. The van der Waals surface area contributed by atoms with Crippen LogP contribution in [-0.4, -0.2) is 40.1 Å². The van der Waals surface area contributed by atoms with Crippen molar-refractivity contribution < 1.29 is 9.32 Å². The summed E-state index contributed by atoms with van der Waals surface area (Å²) in [4.78, 5) is 19.8. The van der Waals surface area contributed by atoms with E-state index in [1.54, 1.807) is 11.3 Å². The number of hydrogen-bond acceptors (Lipinski definition) is 6. The second-order valence-electron chi connectivity index (χ2n) is 6.82. The third-order valence-corrected chi connectivity index (χ3v) is 5.80. The molecule has 0 saturated carbocycles. The minimum atomic E-state index is -0.0133. The number of aryl methyl sites for hydroxylation is 1. The number of likely N-dealkylation sites (tertiary alicyclic amines) is 1. The zero-order valence-corrected chi connectivity index (χ0v) is 17.0. The van der Waals surface area contributed by atoms with Crippen LogP contribution in [0.15, 0.2) is 52.4 Å². The summed E-state index contributed by atoms with van der Waals surface area (Å²) in [6.07, 6.45) is 1.75. The average Bonchev–Trinajstić information content (AvgIpc) is 3.43. The molecule has 8 heteroatoms. The summed E-state index contributed by atoms with van der Waals surface area (Å²) in [6, 6.07) is 14.1. The van der Waals surface area contributed by atoms with Crippen molar-refractivity contribution in [2.45, 2.75) is 31.2 Å². The lowest BCUT2D eigenvalue weighted by Gasteiger charge is -2.16. The Morgan fingerprint density at radius 1 is 1.21 bits per heavy atom. The molecule has 1 aliphatic heterocycles. The number of benzene rings is 1. The molecule has 1 amide bonds. The number of rotatable bonds is 6. The van der Waals surface area contributed by atoms with Gasteiger partial charge in [-0.1, -0.05) is 41.6 Å². The molecule has 0 bridgehead atoms. The zero-order valence-electron chi connectivity index (χ0n) is 15.4. The van der Waals surface area contributed by atoms with Crippen LogP contribution in [-0.2, 0) is 11.2 Å². The van der Waals surface area contributed by atoms with E-state index in [-0.39, 0.29) is 30.3 Å². The van der Waals surface area contributed by atoms with Gasteiger partial charge in [-0.3, -0.25) is 4.79 Å². The summed E-state index contributed by atoms with van der Waals surface area (Å²) >= 11 is 1.58. The molecule has 4 rings (SSSR count). The van der Waals surface area contributed by atoms with E-state index in [1.807, 2.05) is 40.6 Å². The first-order chi connectivity index (χ1) is 13.2. The SMILES string of the molecule is Cl.N[C@@H]1CN(C(=O)CCCc2nc(-c3cccs3)no2)C[C@H]1c1ccccc1. The Balaban J connectivity index is 0.00000225. The van der Waals surface area contributed by atoms with E-state index in [0.29, 0.717) is 44.1 Å². The molecule has 1 saturated heterocycles. The number of halogens is 1. The number of nitrogens with two attached hydrogens (primary N) is 1. The van der Waals surface area contributed by atoms with Crippen molar-refractivity contribution in [2.24, 2.45) is 5.73 Å². The number of nitrogens with zero attached hydrogens (tertiary/aromatic N) is 3. The topological polar surface area (TPSA) is 85.2 Å². The molecule has 0 aliphatic carbocycles. The van der Waals surface area contributed by atoms with E-state index >= 15 is 0 Å². The number of carbonyl (C=O) groups excluding carboxylic acids is 1. The number of aromatic nitrogens is 2. The lowest BCUT2D eigenvalue weighted by molar-refractivity contribution is -0.130. The largest absolute Gasteiger partial charge is 0.340 e. The Labute approximate surface area is 174 Å². The summed E-state index contributed by atoms with van der Waals surface area (Å²) in [5.74, 6) is 1.54. The molecule has 2 N–H and O–H groups in total. The van der Waals surface area contributed by atoms with Gasteiger partial charge in [-0.05, 0) is 23.4 Å². The van der Waals surface area contributed by atoms with Crippen LogP contribution in [0, 0.1) is 0 Å². The Morgan fingerprint density at radius 2 is 2.04 bits per heavy atom. The summed E-state index contributed by atoms with van der Waals surface area (Å²) in [7, 11) is 0. The Bertz CT molecular complexity index is 885. The van der Waals surface area contributed by atoms with Crippen LogP contribution in [0.25, 0.3) is 10.7 Å². The number of carbonyl (C=O) groups is 1. The van der Waals surface area contributed by atoms with Crippen LogP contribution >= 0.6 is 23.7 Å². The van der Waals surface area contributed by atoms with Gasteiger partial charge in [-0.25, -0.2) is 0 Å². The van der Waals surface area contributed by atoms with E-state index in [1.165, 1.54) is 5.56 Å². The van der Waals surface area contributed by atoms with E-state index < -0.39 is 0 Å². The summed E-state index contributed by atoms with van der Waals surface area (Å²) in [5.41, 5.74) is 7.48. The standard InChI is InChI=1S/C20H22N4O2S.ClH/c21-16-13-24(12-15(16)14-6-2-1-3-7-14)19(25)10-4-9-18-22-20(23-26-18)17-8-5-11-27-17;/h1-3,5-8,11,15-16H,4,9-10,12-13,21H2;1H/t15-,16+;/m0./s1. The van der Waals surface area contributed by atoms with Gasteiger partial charge in [0.05, 0.1) is 4.88 Å². The summed E-state index contributed by atoms with van der Waals surface area (Å²) in [6.45, 7) is 1.30. The van der Waals surface area contributed by atoms with Crippen molar-refractivity contribution >= 4 is 29.7 Å². The molecular weight excluding hydrogens is 396 g/mol. The summed E-state index contributed by atoms with van der Waals surface area (Å²) in [5, 5.41) is 5.98. The maximum absolute atomic E-state index is 12.6. The van der Waals surface area contributed by atoms with Crippen LogP contribution in [0.3, 0.4) is 0 Å². The van der Waals surface area contributed by atoms with E-state index in [2.05, 4.69) is 22.3 Å². The van der Waals surface area contributed by atoms with Gasteiger partial charge in [0, 0.05) is 37.9 Å². The molecule has 1 aromatic carbocycles. The van der Waals surface area contributed by atoms with Crippen LogP contribution in [0.4, 0.5) is 0 Å². The van der Waals surface area contributed by atoms with Gasteiger partial charge in [0.2, 0.25) is 17.6 Å². The zero-order chi connectivity index (χ0) is 18.6. The number of thiophene rings is 1. The van der Waals surface area contributed by atoms with Gasteiger partial charge >= 0.3 is 0 Å². The van der Waals surface area contributed by atoms with Crippen LogP contribution in [0.2, 0.25) is 0 Å². The quantitative estimate of drug-likeness (QED) is 0.662. The van der Waals surface area contributed by atoms with Gasteiger partial charge in [-0.15, -0.1) is 23.7 Å². The van der Waals surface area contributed by atoms with Gasteiger partial charge in [-0.2, -0.15) is 4.98 Å². The number of amides is 1. The average molecular weight is 419 g/mol. The molecule has 0 unspecified atom stereocenters. The highest BCUT2D eigenvalue weighted by Gasteiger charge is 2.33. The molecule has 3 aromatic rings. The number of hydrogen-bond donors (Lipinski definition) is 1. The van der Waals surface area contributed by atoms with Crippen molar-refractivity contribution in [1.82, 2.24) is 15.0 Å².